The summed E-state index contributed by atoms with van der Waals surface area (Å²) in [6.07, 6.45) is 0. The van der Waals surface area contributed by atoms with E-state index in [2.05, 4.69) is 19.2 Å². The summed E-state index contributed by atoms with van der Waals surface area (Å²) in [6, 6.07) is -1.64. The van der Waals surface area contributed by atoms with Crippen molar-refractivity contribution < 1.29 is 19.8 Å². The third kappa shape index (κ3) is 2.85. The number of carbonyl (C=O) groups is 2. The number of hydrogen-bond donors (Lipinski definition) is 3. The molecule has 3 atom stereocenters. The van der Waals surface area contributed by atoms with Crippen LogP contribution in [0.3, 0.4) is 0 Å². The fourth-order valence-electron chi connectivity index (χ4n) is 1.72. The van der Waals surface area contributed by atoms with Gasteiger partial charge in [-0.2, -0.15) is 0 Å². The minimum absolute atomic E-state index is 0.419. The zero-order chi connectivity index (χ0) is 12.3. The van der Waals surface area contributed by atoms with Crippen molar-refractivity contribution >= 4 is 12.0 Å². The number of aliphatic carboxylic acids is 1. The molecule has 2 amide bonds. The van der Waals surface area contributed by atoms with Crippen LogP contribution in [-0.2, 0) is 4.79 Å². The van der Waals surface area contributed by atoms with Crippen LogP contribution in [0.2, 0.25) is 0 Å². The van der Waals surface area contributed by atoms with E-state index in [-0.39, 0.29) is 0 Å². The zero-order valence-electron chi connectivity index (χ0n) is 9.51. The van der Waals surface area contributed by atoms with E-state index >= 15 is 0 Å². The van der Waals surface area contributed by atoms with E-state index in [9.17, 15) is 9.59 Å². The van der Waals surface area contributed by atoms with Crippen molar-refractivity contribution in [2.45, 2.75) is 19.9 Å². The number of carbonyl (C=O) groups excluding carboxylic acids is 1. The molecule has 0 aromatic rings. The van der Waals surface area contributed by atoms with Crippen LogP contribution >= 0.6 is 0 Å². The van der Waals surface area contributed by atoms with E-state index in [1.54, 1.807) is 4.90 Å². The Hall–Kier alpha value is -1.30. The Morgan fingerprint density at radius 1 is 1.38 bits per heavy atom. The molecule has 16 heavy (non-hydrogen) atoms. The Kier molecular flexibility index (Phi) is 4.12. The Morgan fingerprint density at radius 3 is 2.25 bits per heavy atom. The van der Waals surface area contributed by atoms with E-state index < -0.39 is 24.6 Å². The molecule has 2 unspecified atom stereocenters. The number of rotatable bonds is 3. The van der Waals surface area contributed by atoms with E-state index in [1.165, 1.54) is 0 Å². The molecule has 1 saturated heterocycles. The summed E-state index contributed by atoms with van der Waals surface area (Å²) in [4.78, 5) is 23.9. The van der Waals surface area contributed by atoms with Crippen LogP contribution in [0.4, 0.5) is 4.79 Å². The van der Waals surface area contributed by atoms with Crippen LogP contribution in [0, 0.1) is 11.8 Å². The number of nitrogens with zero attached hydrogens (tertiary/aromatic N) is 1. The number of likely N-dealkylation sites (tertiary alicyclic amines) is 1. The van der Waals surface area contributed by atoms with Crippen LogP contribution in [0.5, 0.6) is 0 Å². The highest BCUT2D eigenvalue weighted by atomic mass is 16.4. The summed E-state index contributed by atoms with van der Waals surface area (Å²) in [5.74, 6) is -0.387. The number of aliphatic hydroxyl groups is 1. The normalized spacial score (nSPS) is 26.6. The third-order valence-corrected chi connectivity index (χ3v) is 3.05. The number of urea groups is 1. The zero-order valence-corrected chi connectivity index (χ0v) is 9.51. The molecule has 1 rings (SSSR count). The van der Waals surface area contributed by atoms with Crippen LogP contribution < -0.4 is 5.32 Å². The molecule has 6 nitrogen and oxygen atoms in total. The molecule has 0 radical (unpaired) electrons. The molecular formula is C10H18N2O4. The second kappa shape index (κ2) is 5.16. The summed E-state index contributed by atoms with van der Waals surface area (Å²) in [7, 11) is 0. The predicted molar refractivity (Wildman–Crippen MR) is 56.9 cm³/mol. The van der Waals surface area contributed by atoms with Gasteiger partial charge in [0.1, 0.15) is 0 Å². The van der Waals surface area contributed by atoms with Gasteiger partial charge in [0.2, 0.25) is 0 Å². The molecule has 1 heterocycles. The molecule has 92 valence electrons. The fourth-order valence-corrected chi connectivity index (χ4v) is 1.72. The lowest BCUT2D eigenvalue weighted by molar-refractivity contribution is -0.140. The van der Waals surface area contributed by atoms with Crippen molar-refractivity contribution in [3.05, 3.63) is 0 Å². The number of amides is 2. The highest BCUT2D eigenvalue weighted by molar-refractivity contribution is 5.82. The third-order valence-electron chi connectivity index (χ3n) is 3.05. The van der Waals surface area contributed by atoms with Crippen molar-refractivity contribution in [1.82, 2.24) is 10.2 Å². The van der Waals surface area contributed by atoms with Crippen LogP contribution in [0.15, 0.2) is 0 Å². The molecule has 0 aromatic carbocycles. The molecule has 1 aliphatic rings. The molecular weight excluding hydrogens is 212 g/mol. The number of nitrogens with one attached hydrogen (secondary N) is 1. The lowest BCUT2D eigenvalue weighted by Crippen LogP contribution is -2.49. The maximum atomic E-state index is 11.7. The van der Waals surface area contributed by atoms with Gasteiger partial charge >= 0.3 is 12.0 Å². The van der Waals surface area contributed by atoms with E-state index in [0.717, 1.165) is 0 Å². The van der Waals surface area contributed by atoms with E-state index in [1.807, 2.05) is 0 Å². The molecule has 0 aromatic heterocycles. The Bertz CT molecular complexity index is 272. The maximum Gasteiger partial charge on any atom is 0.328 e. The quantitative estimate of drug-likeness (QED) is 0.622. The van der Waals surface area contributed by atoms with Gasteiger partial charge in [0.25, 0.3) is 0 Å². The van der Waals surface area contributed by atoms with E-state index in [0.29, 0.717) is 24.9 Å². The number of carboxylic acids is 1. The van der Waals surface area contributed by atoms with Crippen LogP contribution in [0.1, 0.15) is 13.8 Å². The topological polar surface area (TPSA) is 89.9 Å². The van der Waals surface area contributed by atoms with Crippen LogP contribution in [0.25, 0.3) is 0 Å². The first-order valence-corrected chi connectivity index (χ1v) is 5.34. The molecule has 0 aliphatic carbocycles. The smallest absolute Gasteiger partial charge is 0.328 e. The van der Waals surface area contributed by atoms with Gasteiger partial charge in [-0.1, -0.05) is 13.8 Å². The van der Waals surface area contributed by atoms with Crippen molar-refractivity contribution in [2.75, 3.05) is 19.7 Å². The van der Waals surface area contributed by atoms with Gasteiger partial charge in [-0.25, -0.2) is 9.59 Å². The standard InChI is InChI=1S/C10H18N2O4/c1-6-3-12(4-7(6)2)10(16)11-8(5-13)9(14)15/h6-8,13H,3-5H2,1-2H3,(H,11,16)(H,14,15)/t6?,7?,8-/m1/s1. The Labute approximate surface area is 94.2 Å². The molecule has 3 N–H and O–H groups in total. The average molecular weight is 230 g/mol. The van der Waals surface area contributed by atoms with Gasteiger partial charge < -0.3 is 20.4 Å². The molecule has 1 fully saturated rings. The lowest BCUT2D eigenvalue weighted by atomic mass is 10.0. The minimum atomic E-state index is -1.23. The largest absolute Gasteiger partial charge is 0.480 e. The Balaban J connectivity index is 2.50. The van der Waals surface area contributed by atoms with Gasteiger partial charge in [0, 0.05) is 13.1 Å². The van der Waals surface area contributed by atoms with Gasteiger partial charge in [-0.05, 0) is 11.8 Å². The van der Waals surface area contributed by atoms with Gasteiger partial charge in [-0.3, -0.25) is 0 Å². The minimum Gasteiger partial charge on any atom is -0.480 e. The van der Waals surface area contributed by atoms with Crippen LogP contribution in [-0.4, -0.2) is 52.9 Å². The van der Waals surface area contributed by atoms with Crippen molar-refractivity contribution in [3.8, 4) is 0 Å². The van der Waals surface area contributed by atoms with Crippen molar-refractivity contribution in [1.29, 1.82) is 0 Å². The number of aliphatic hydroxyl groups excluding tert-OH is 1. The molecule has 1 aliphatic heterocycles. The van der Waals surface area contributed by atoms with Gasteiger partial charge in [0.05, 0.1) is 6.61 Å². The summed E-state index contributed by atoms with van der Waals surface area (Å²) < 4.78 is 0. The number of hydrogen-bond acceptors (Lipinski definition) is 3. The first kappa shape index (κ1) is 12.8. The fraction of sp³-hybridized carbons (Fsp3) is 0.800. The van der Waals surface area contributed by atoms with Gasteiger partial charge in [0.15, 0.2) is 6.04 Å². The highest BCUT2D eigenvalue weighted by Crippen LogP contribution is 2.21. The average Bonchev–Trinajstić information content (AvgIpc) is 2.55. The SMILES string of the molecule is CC1CN(C(=O)N[C@H](CO)C(=O)O)CC1C. The maximum absolute atomic E-state index is 11.7. The summed E-state index contributed by atoms with van der Waals surface area (Å²) >= 11 is 0. The van der Waals surface area contributed by atoms with Gasteiger partial charge in [-0.15, -0.1) is 0 Å². The molecule has 6 heteroatoms. The summed E-state index contributed by atoms with van der Waals surface area (Å²) in [6.45, 7) is 4.77. The summed E-state index contributed by atoms with van der Waals surface area (Å²) in [5.41, 5.74) is 0. The van der Waals surface area contributed by atoms with Crippen molar-refractivity contribution in [2.24, 2.45) is 11.8 Å². The molecule has 0 saturated carbocycles. The highest BCUT2D eigenvalue weighted by Gasteiger charge is 2.31. The Morgan fingerprint density at radius 2 is 1.88 bits per heavy atom. The van der Waals surface area contributed by atoms with E-state index in [4.69, 9.17) is 10.2 Å². The van der Waals surface area contributed by atoms with Crippen molar-refractivity contribution in [3.63, 3.8) is 0 Å². The monoisotopic (exact) mass is 230 g/mol. The number of carboxylic acid groups (broad SMARTS) is 1. The molecule has 0 spiro atoms. The second-order valence-corrected chi connectivity index (χ2v) is 4.38. The molecule has 0 bridgehead atoms. The lowest BCUT2D eigenvalue weighted by Gasteiger charge is -2.19. The predicted octanol–water partition coefficient (Wildman–Crippen LogP) is -0.271. The first-order valence-electron chi connectivity index (χ1n) is 5.34. The first-order chi connectivity index (χ1) is 7.45. The second-order valence-electron chi connectivity index (χ2n) is 4.38. The summed E-state index contributed by atoms with van der Waals surface area (Å²) in [5, 5.41) is 19.7.